The highest BCUT2D eigenvalue weighted by Gasteiger charge is 2.18. The highest BCUT2D eigenvalue weighted by Crippen LogP contribution is 2.17. The Kier molecular flexibility index (Phi) is 3.49. The van der Waals surface area contributed by atoms with E-state index in [2.05, 4.69) is 16.9 Å². The van der Waals surface area contributed by atoms with Crippen molar-refractivity contribution in [2.75, 3.05) is 0 Å². The molecule has 1 aromatic rings. The third-order valence-corrected chi connectivity index (χ3v) is 2.04. The highest BCUT2D eigenvalue weighted by atomic mass is 16.1. The van der Waals surface area contributed by atoms with Crippen LogP contribution in [0.3, 0.4) is 0 Å². The maximum Gasteiger partial charge on any atom is 0.228 e. The second-order valence-electron chi connectivity index (χ2n) is 3.07. The van der Waals surface area contributed by atoms with Crippen molar-refractivity contribution in [2.45, 2.75) is 32.1 Å². The number of hydrogen-bond donors (Lipinski definition) is 2. The molecule has 0 fully saturated rings. The fraction of sp³-hybridized carbons (Fsp3) is 0.556. The lowest BCUT2D eigenvalue weighted by atomic mass is 10.0. The summed E-state index contributed by atoms with van der Waals surface area (Å²) in [5.41, 5.74) is 5.27. The Balaban J connectivity index is 2.63. The number of H-pyrrole nitrogens is 1. The van der Waals surface area contributed by atoms with Gasteiger partial charge in [-0.1, -0.05) is 19.8 Å². The summed E-state index contributed by atoms with van der Waals surface area (Å²) in [6.45, 7) is 2.08. The van der Waals surface area contributed by atoms with Crippen LogP contribution >= 0.6 is 0 Å². The van der Waals surface area contributed by atoms with E-state index in [1.54, 1.807) is 12.4 Å². The molecule has 4 nitrogen and oxygen atoms in total. The van der Waals surface area contributed by atoms with Gasteiger partial charge in [0.15, 0.2) is 0 Å². The predicted molar refractivity (Wildman–Crippen MR) is 50.0 cm³/mol. The molecule has 1 amide bonds. The van der Waals surface area contributed by atoms with Crippen LogP contribution in [-0.4, -0.2) is 15.9 Å². The van der Waals surface area contributed by atoms with Crippen molar-refractivity contribution >= 4 is 5.91 Å². The van der Waals surface area contributed by atoms with Crippen molar-refractivity contribution in [1.82, 2.24) is 9.97 Å². The molecule has 72 valence electrons. The zero-order valence-electron chi connectivity index (χ0n) is 7.79. The van der Waals surface area contributed by atoms with E-state index in [9.17, 15) is 4.79 Å². The number of rotatable bonds is 5. The lowest BCUT2D eigenvalue weighted by Crippen LogP contribution is -2.22. The fourth-order valence-electron chi connectivity index (χ4n) is 1.29. The molecule has 0 aliphatic heterocycles. The number of nitrogens with one attached hydrogen (secondary N) is 1. The summed E-state index contributed by atoms with van der Waals surface area (Å²) in [5.74, 6) is 0.124. The first kappa shape index (κ1) is 9.77. The van der Waals surface area contributed by atoms with Crippen LogP contribution in [0.4, 0.5) is 0 Å². The largest absolute Gasteiger partial charge is 0.369 e. The number of unbranched alkanes of at least 4 members (excludes halogenated alkanes) is 1. The monoisotopic (exact) mass is 181 g/mol. The van der Waals surface area contributed by atoms with Crippen LogP contribution in [0, 0.1) is 0 Å². The molecule has 0 aliphatic carbocycles. The minimum Gasteiger partial charge on any atom is -0.369 e. The van der Waals surface area contributed by atoms with E-state index in [4.69, 9.17) is 5.73 Å². The molecule has 0 saturated carbocycles. The minimum atomic E-state index is -0.302. The van der Waals surface area contributed by atoms with Crippen molar-refractivity contribution in [3.8, 4) is 0 Å². The molecule has 3 N–H and O–H groups in total. The second-order valence-corrected chi connectivity index (χ2v) is 3.07. The van der Waals surface area contributed by atoms with Crippen LogP contribution < -0.4 is 5.73 Å². The topological polar surface area (TPSA) is 71.8 Å². The quantitative estimate of drug-likeness (QED) is 0.715. The van der Waals surface area contributed by atoms with E-state index < -0.39 is 0 Å². The first-order valence-electron chi connectivity index (χ1n) is 4.54. The van der Waals surface area contributed by atoms with Gasteiger partial charge in [-0.25, -0.2) is 4.98 Å². The lowest BCUT2D eigenvalue weighted by Gasteiger charge is -2.08. The minimum absolute atomic E-state index is 0.255. The van der Waals surface area contributed by atoms with Gasteiger partial charge in [-0.05, 0) is 6.42 Å². The number of primary amides is 1. The van der Waals surface area contributed by atoms with E-state index in [-0.39, 0.29) is 11.8 Å². The van der Waals surface area contributed by atoms with Gasteiger partial charge in [0.05, 0.1) is 5.92 Å². The Morgan fingerprint density at radius 3 is 3.00 bits per heavy atom. The summed E-state index contributed by atoms with van der Waals surface area (Å²) in [6.07, 6.45) is 6.17. The number of amides is 1. The Morgan fingerprint density at radius 2 is 2.54 bits per heavy atom. The molecular formula is C9H15N3O. The zero-order chi connectivity index (χ0) is 9.68. The molecule has 0 saturated heterocycles. The molecule has 1 atom stereocenters. The molecule has 1 heterocycles. The summed E-state index contributed by atoms with van der Waals surface area (Å²) >= 11 is 0. The average molecular weight is 181 g/mol. The highest BCUT2D eigenvalue weighted by molar-refractivity contribution is 5.80. The van der Waals surface area contributed by atoms with Gasteiger partial charge in [-0.3, -0.25) is 4.79 Å². The summed E-state index contributed by atoms with van der Waals surface area (Å²) in [5, 5.41) is 0. The molecule has 0 radical (unpaired) electrons. The number of hydrogen-bond acceptors (Lipinski definition) is 2. The molecule has 0 aliphatic rings. The van der Waals surface area contributed by atoms with E-state index in [1.165, 1.54) is 0 Å². The number of aromatic amines is 1. The van der Waals surface area contributed by atoms with Crippen molar-refractivity contribution in [3.63, 3.8) is 0 Å². The van der Waals surface area contributed by atoms with Gasteiger partial charge in [0, 0.05) is 12.4 Å². The smallest absolute Gasteiger partial charge is 0.228 e. The van der Waals surface area contributed by atoms with Crippen LogP contribution in [0.15, 0.2) is 12.4 Å². The number of aromatic nitrogens is 2. The fourth-order valence-corrected chi connectivity index (χ4v) is 1.29. The van der Waals surface area contributed by atoms with Crippen molar-refractivity contribution < 1.29 is 4.79 Å². The SMILES string of the molecule is CCCCC(C(N)=O)c1ncc[nH]1. The van der Waals surface area contributed by atoms with Crippen LogP contribution in [-0.2, 0) is 4.79 Å². The lowest BCUT2D eigenvalue weighted by molar-refractivity contribution is -0.119. The number of nitrogens with two attached hydrogens (primary N) is 1. The Hall–Kier alpha value is -1.32. The molecule has 4 heteroatoms. The number of nitrogens with zero attached hydrogens (tertiary/aromatic N) is 1. The second kappa shape index (κ2) is 4.64. The van der Waals surface area contributed by atoms with E-state index in [0.29, 0.717) is 5.82 Å². The van der Waals surface area contributed by atoms with Gasteiger partial charge in [0.25, 0.3) is 0 Å². The Morgan fingerprint density at radius 1 is 1.77 bits per heavy atom. The molecule has 0 aromatic carbocycles. The summed E-state index contributed by atoms with van der Waals surface area (Å²) in [4.78, 5) is 18.0. The van der Waals surface area contributed by atoms with Crippen LogP contribution in [0.5, 0.6) is 0 Å². The first-order chi connectivity index (χ1) is 6.25. The zero-order valence-corrected chi connectivity index (χ0v) is 7.79. The van der Waals surface area contributed by atoms with Crippen molar-refractivity contribution in [1.29, 1.82) is 0 Å². The molecule has 0 bridgehead atoms. The third-order valence-electron chi connectivity index (χ3n) is 2.04. The first-order valence-corrected chi connectivity index (χ1v) is 4.54. The van der Waals surface area contributed by atoms with E-state index in [1.807, 2.05) is 0 Å². The predicted octanol–water partition coefficient (Wildman–Crippen LogP) is 1.17. The molecule has 1 unspecified atom stereocenters. The van der Waals surface area contributed by atoms with Gasteiger partial charge >= 0.3 is 0 Å². The van der Waals surface area contributed by atoms with Gasteiger partial charge in [-0.15, -0.1) is 0 Å². The summed E-state index contributed by atoms with van der Waals surface area (Å²) < 4.78 is 0. The normalized spacial score (nSPS) is 12.7. The van der Waals surface area contributed by atoms with Crippen LogP contribution in [0.1, 0.15) is 37.9 Å². The van der Waals surface area contributed by atoms with Crippen molar-refractivity contribution in [3.05, 3.63) is 18.2 Å². The maximum atomic E-state index is 11.1. The van der Waals surface area contributed by atoms with Gasteiger partial charge < -0.3 is 10.7 Å². The third kappa shape index (κ3) is 2.57. The Labute approximate surface area is 77.6 Å². The number of imidazole rings is 1. The number of carbonyl (C=O) groups is 1. The van der Waals surface area contributed by atoms with Gasteiger partial charge in [-0.2, -0.15) is 0 Å². The maximum absolute atomic E-state index is 11.1. The summed E-state index contributed by atoms with van der Waals surface area (Å²) in [7, 11) is 0. The summed E-state index contributed by atoms with van der Waals surface area (Å²) in [6, 6.07) is 0. The van der Waals surface area contributed by atoms with Crippen LogP contribution in [0.2, 0.25) is 0 Å². The standard InChI is InChI=1S/C9H15N3O/c1-2-3-4-7(8(10)13)9-11-5-6-12-9/h5-7H,2-4H2,1H3,(H2,10,13)(H,11,12). The molecule has 1 aromatic heterocycles. The van der Waals surface area contributed by atoms with E-state index in [0.717, 1.165) is 19.3 Å². The Bertz CT molecular complexity index is 256. The van der Waals surface area contributed by atoms with Gasteiger partial charge in [0.2, 0.25) is 5.91 Å². The molecule has 13 heavy (non-hydrogen) atoms. The van der Waals surface area contributed by atoms with Crippen LogP contribution in [0.25, 0.3) is 0 Å². The molecule has 1 rings (SSSR count). The average Bonchev–Trinajstić information content (AvgIpc) is 2.57. The number of carbonyl (C=O) groups excluding carboxylic acids is 1. The molecular weight excluding hydrogens is 166 g/mol. The van der Waals surface area contributed by atoms with Crippen molar-refractivity contribution in [2.24, 2.45) is 5.73 Å². The molecule has 0 spiro atoms. The van der Waals surface area contributed by atoms with E-state index >= 15 is 0 Å². The van der Waals surface area contributed by atoms with Gasteiger partial charge in [0.1, 0.15) is 5.82 Å².